The van der Waals surface area contributed by atoms with Gasteiger partial charge in [0, 0.05) is 18.2 Å². The molecule has 2 rings (SSSR count). The number of hydrogen-bond donors (Lipinski definition) is 3. The second-order valence-corrected chi connectivity index (χ2v) is 4.71. The molecule has 0 saturated heterocycles. The number of nitro benzene ring substituents is 1. The van der Waals surface area contributed by atoms with Gasteiger partial charge in [-0.1, -0.05) is 0 Å². The molecule has 2 aromatic carbocycles. The van der Waals surface area contributed by atoms with Crippen LogP contribution >= 0.6 is 0 Å². The molecule has 8 heteroatoms. The molecule has 3 N–H and O–H groups in total. The van der Waals surface area contributed by atoms with Gasteiger partial charge in [0.05, 0.1) is 16.2 Å². The average Bonchev–Trinajstić information content (AvgIpc) is 2.54. The van der Waals surface area contributed by atoms with Crippen molar-refractivity contribution in [3.05, 3.63) is 69.8 Å². The summed E-state index contributed by atoms with van der Waals surface area (Å²) in [5, 5.41) is 31.3. The Bertz CT molecular complexity index is 827. The Morgan fingerprint density at radius 2 is 1.79 bits per heavy atom. The van der Waals surface area contributed by atoms with Crippen molar-refractivity contribution in [1.29, 1.82) is 0 Å². The zero-order valence-corrected chi connectivity index (χ0v) is 12.2. The molecule has 1 amide bonds. The van der Waals surface area contributed by atoms with Crippen molar-refractivity contribution in [3.8, 4) is 5.75 Å². The van der Waals surface area contributed by atoms with Crippen LogP contribution in [0.1, 0.15) is 15.9 Å². The van der Waals surface area contributed by atoms with Crippen molar-refractivity contribution in [2.24, 2.45) is 0 Å². The summed E-state index contributed by atoms with van der Waals surface area (Å²) in [5.41, 5.74) is 0.303. The van der Waals surface area contributed by atoms with Gasteiger partial charge in [0.25, 0.3) is 5.69 Å². The molecule has 122 valence electrons. The predicted octanol–water partition coefficient (Wildman–Crippen LogP) is 2.65. The van der Waals surface area contributed by atoms with Gasteiger partial charge >= 0.3 is 5.97 Å². The Hall–Kier alpha value is -3.68. The number of benzene rings is 2. The number of rotatable bonds is 5. The summed E-state index contributed by atoms with van der Waals surface area (Å²) >= 11 is 0. The normalized spacial score (nSPS) is 10.5. The number of carboxylic acid groups (broad SMARTS) is 1. The highest BCUT2D eigenvalue weighted by Gasteiger charge is 2.12. The zero-order valence-electron chi connectivity index (χ0n) is 12.2. The molecule has 24 heavy (non-hydrogen) atoms. The third-order valence-corrected chi connectivity index (χ3v) is 3.02. The number of phenols is 1. The highest BCUT2D eigenvalue weighted by Crippen LogP contribution is 2.21. The van der Waals surface area contributed by atoms with Crippen LogP contribution in [-0.2, 0) is 4.79 Å². The van der Waals surface area contributed by atoms with E-state index in [1.807, 2.05) is 0 Å². The van der Waals surface area contributed by atoms with Gasteiger partial charge in [-0.3, -0.25) is 14.9 Å². The number of carboxylic acids is 1. The summed E-state index contributed by atoms with van der Waals surface area (Å²) in [4.78, 5) is 33.0. The van der Waals surface area contributed by atoms with Crippen LogP contribution in [0.15, 0.2) is 48.5 Å². The number of nitro groups is 1. The van der Waals surface area contributed by atoms with E-state index in [1.165, 1.54) is 48.6 Å². The minimum absolute atomic E-state index is 0.0404. The van der Waals surface area contributed by atoms with Crippen LogP contribution in [0.25, 0.3) is 6.08 Å². The van der Waals surface area contributed by atoms with Crippen molar-refractivity contribution in [2.45, 2.75) is 0 Å². The SMILES string of the molecule is O=C(C=Cc1ccc([N+](=O)[O-])cc1)Nc1ccc(O)cc1C(=O)O. The quantitative estimate of drug-likeness (QED) is 0.335. The highest BCUT2D eigenvalue weighted by atomic mass is 16.6. The van der Waals surface area contributed by atoms with Crippen LogP contribution in [0.5, 0.6) is 5.75 Å². The van der Waals surface area contributed by atoms with Crippen molar-refractivity contribution < 1.29 is 24.7 Å². The summed E-state index contributed by atoms with van der Waals surface area (Å²) < 4.78 is 0. The van der Waals surface area contributed by atoms with Gasteiger partial charge in [-0.25, -0.2) is 4.79 Å². The highest BCUT2D eigenvalue weighted by molar-refractivity contribution is 6.06. The second-order valence-electron chi connectivity index (χ2n) is 4.71. The third kappa shape index (κ3) is 4.17. The maximum absolute atomic E-state index is 11.9. The van der Waals surface area contributed by atoms with Crippen molar-refractivity contribution in [2.75, 3.05) is 5.32 Å². The van der Waals surface area contributed by atoms with Gasteiger partial charge in [0.2, 0.25) is 5.91 Å². The summed E-state index contributed by atoms with van der Waals surface area (Å²) in [6.07, 6.45) is 2.60. The first-order valence-electron chi connectivity index (χ1n) is 6.66. The second kappa shape index (κ2) is 7.05. The predicted molar refractivity (Wildman–Crippen MR) is 85.8 cm³/mol. The number of aromatic hydroxyl groups is 1. The fourth-order valence-corrected chi connectivity index (χ4v) is 1.87. The van der Waals surface area contributed by atoms with Crippen LogP contribution in [0.3, 0.4) is 0 Å². The van der Waals surface area contributed by atoms with Crippen LogP contribution in [0.4, 0.5) is 11.4 Å². The number of nitrogens with zero attached hydrogens (tertiary/aromatic N) is 1. The number of amides is 1. The van der Waals surface area contributed by atoms with Crippen LogP contribution < -0.4 is 5.32 Å². The molecule has 0 saturated carbocycles. The molecule has 0 aromatic heterocycles. The minimum Gasteiger partial charge on any atom is -0.508 e. The van der Waals surface area contributed by atoms with Crippen LogP contribution in [0, 0.1) is 10.1 Å². The molecule has 0 atom stereocenters. The fourth-order valence-electron chi connectivity index (χ4n) is 1.87. The first-order valence-corrected chi connectivity index (χ1v) is 6.66. The zero-order chi connectivity index (χ0) is 17.7. The first kappa shape index (κ1) is 16.7. The largest absolute Gasteiger partial charge is 0.508 e. The van der Waals surface area contributed by atoms with E-state index in [4.69, 9.17) is 5.11 Å². The van der Waals surface area contributed by atoms with Crippen molar-refractivity contribution in [3.63, 3.8) is 0 Å². The maximum Gasteiger partial charge on any atom is 0.337 e. The molecule has 0 unspecified atom stereocenters. The number of carbonyl (C=O) groups is 2. The van der Waals surface area contributed by atoms with Gasteiger partial charge in [-0.05, 0) is 42.0 Å². The molecule has 0 aliphatic carbocycles. The van der Waals surface area contributed by atoms with E-state index in [-0.39, 0.29) is 22.7 Å². The lowest BCUT2D eigenvalue weighted by Crippen LogP contribution is -2.11. The summed E-state index contributed by atoms with van der Waals surface area (Å²) in [6.45, 7) is 0. The monoisotopic (exact) mass is 328 g/mol. The fraction of sp³-hybridized carbons (Fsp3) is 0. The number of aromatic carboxylic acids is 1. The Kier molecular flexibility index (Phi) is 4.90. The topological polar surface area (TPSA) is 130 Å². The van der Waals surface area contributed by atoms with Crippen molar-refractivity contribution in [1.82, 2.24) is 0 Å². The number of phenolic OH excluding ortho intramolecular Hbond substituents is 1. The van der Waals surface area contributed by atoms with E-state index in [1.54, 1.807) is 0 Å². The van der Waals surface area contributed by atoms with Crippen LogP contribution in [0.2, 0.25) is 0 Å². The molecule has 0 aliphatic rings. The van der Waals surface area contributed by atoms with Gasteiger partial charge < -0.3 is 15.5 Å². The lowest BCUT2D eigenvalue weighted by molar-refractivity contribution is -0.384. The molecule has 8 nitrogen and oxygen atoms in total. The lowest BCUT2D eigenvalue weighted by atomic mass is 10.1. The van der Waals surface area contributed by atoms with E-state index in [9.17, 15) is 24.8 Å². The first-order chi connectivity index (χ1) is 11.4. The van der Waals surface area contributed by atoms with Gasteiger partial charge in [0.1, 0.15) is 5.75 Å². The molecule has 0 heterocycles. The smallest absolute Gasteiger partial charge is 0.337 e. The summed E-state index contributed by atoms with van der Waals surface area (Å²) in [7, 11) is 0. The van der Waals surface area contributed by atoms with E-state index >= 15 is 0 Å². The molecule has 0 fully saturated rings. The molecular weight excluding hydrogens is 316 g/mol. The van der Waals surface area contributed by atoms with E-state index in [0.717, 1.165) is 6.07 Å². The average molecular weight is 328 g/mol. The number of non-ortho nitro benzene ring substituents is 1. The number of nitrogens with one attached hydrogen (secondary N) is 1. The lowest BCUT2D eigenvalue weighted by Gasteiger charge is -2.06. The van der Waals surface area contributed by atoms with E-state index < -0.39 is 16.8 Å². The van der Waals surface area contributed by atoms with Gasteiger partial charge in [-0.15, -0.1) is 0 Å². The molecule has 2 aromatic rings. The Balaban J connectivity index is 2.10. The molecule has 0 spiro atoms. The van der Waals surface area contributed by atoms with Gasteiger partial charge in [-0.2, -0.15) is 0 Å². The molecular formula is C16H12N2O6. The van der Waals surface area contributed by atoms with Crippen LogP contribution in [-0.4, -0.2) is 27.0 Å². The number of anilines is 1. The molecule has 0 bridgehead atoms. The molecule has 0 radical (unpaired) electrons. The standard InChI is InChI=1S/C16H12N2O6/c19-12-6-7-14(13(9-12)16(21)22)17-15(20)8-3-10-1-4-11(5-2-10)18(23)24/h1-9,19H,(H,17,20)(H,21,22). The molecule has 0 aliphatic heterocycles. The van der Waals surface area contributed by atoms with E-state index in [0.29, 0.717) is 5.56 Å². The number of hydrogen-bond acceptors (Lipinski definition) is 5. The Morgan fingerprint density at radius 3 is 2.38 bits per heavy atom. The van der Waals surface area contributed by atoms with E-state index in [2.05, 4.69) is 5.32 Å². The summed E-state index contributed by atoms with van der Waals surface area (Å²) in [5.74, 6) is -2.10. The summed E-state index contributed by atoms with van der Waals surface area (Å²) in [6, 6.07) is 9.12. The third-order valence-electron chi connectivity index (χ3n) is 3.02. The van der Waals surface area contributed by atoms with Crippen molar-refractivity contribution >= 4 is 29.3 Å². The Labute approximate surface area is 135 Å². The van der Waals surface area contributed by atoms with Gasteiger partial charge in [0.15, 0.2) is 0 Å². The maximum atomic E-state index is 11.9. The number of carbonyl (C=O) groups excluding carboxylic acids is 1. The minimum atomic E-state index is -1.29. The Morgan fingerprint density at radius 1 is 1.12 bits per heavy atom.